The molecule has 0 spiro atoms. The second kappa shape index (κ2) is 10.2. The summed E-state index contributed by atoms with van der Waals surface area (Å²) in [6, 6.07) is 13.3. The number of carbonyl (C=O) groups is 1. The Labute approximate surface area is 181 Å². The summed E-state index contributed by atoms with van der Waals surface area (Å²) in [5.74, 6) is -0.0591. The molecule has 0 bridgehead atoms. The molecule has 2 heterocycles. The monoisotopic (exact) mass is 424 g/mol. The van der Waals surface area contributed by atoms with Crippen molar-refractivity contribution in [2.24, 2.45) is 0 Å². The fourth-order valence-electron chi connectivity index (χ4n) is 3.34. The zero-order valence-corrected chi connectivity index (χ0v) is 18.5. The minimum absolute atomic E-state index is 0.0591. The van der Waals surface area contributed by atoms with Crippen molar-refractivity contribution in [3.8, 4) is 10.6 Å². The molecule has 1 N–H and O–H groups in total. The Morgan fingerprint density at radius 1 is 1.17 bits per heavy atom. The van der Waals surface area contributed by atoms with E-state index in [1.807, 2.05) is 36.6 Å². The van der Waals surface area contributed by atoms with E-state index in [0.29, 0.717) is 19.4 Å². The van der Waals surface area contributed by atoms with E-state index < -0.39 is 0 Å². The number of amides is 1. The standard InChI is InChI=1S/C23H28N4O2S/c1-4-26(5-2)18-10-11-19(17(3)16-18)24-22(28)9-6-14-27-23(29)13-12-20(25-27)21-8-7-15-30-21/h7-8,10-13,15-16H,4-6,9,14H2,1-3H3,(H,24,28). The van der Waals surface area contributed by atoms with Gasteiger partial charge in [-0.05, 0) is 68.5 Å². The van der Waals surface area contributed by atoms with Gasteiger partial charge in [-0.2, -0.15) is 5.10 Å². The fraction of sp³-hybridized carbons (Fsp3) is 0.348. The van der Waals surface area contributed by atoms with Gasteiger partial charge in [0.05, 0.1) is 4.88 Å². The molecule has 0 saturated heterocycles. The third kappa shape index (κ3) is 5.36. The summed E-state index contributed by atoms with van der Waals surface area (Å²) in [6.07, 6.45) is 0.873. The van der Waals surface area contributed by atoms with Crippen LogP contribution >= 0.6 is 11.3 Å². The van der Waals surface area contributed by atoms with Crippen LogP contribution in [-0.2, 0) is 11.3 Å². The van der Waals surface area contributed by atoms with E-state index in [9.17, 15) is 9.59 Å². The zero-order chi connectivity index (χ0) is 21.5. The van der Waals surface area contributed by atoms with E-state index in [4.69, 9.17) is 0 Å². The van der Waals surface area contributed by atoms with Gasteiger partial charge in [-0.15, -0.1) is 11.3 Å². The van der Waals surface area contributed by atoms with Gasteiger partial charge < -0.3 is 10.2 Å². The van der Waals surface area contributed by atoms with Gasteiger partial charge in [-0.1, -0.05) is 6.07 Å². The van der Waals surface area contributed by atoms with Gasteiger partial charge in [-0.25, -0.2) is 4.68 Å². The van der Waals surface area contributed by atoms with E-state index in [1.165, 1.54) is 10.7 Å². The number of aromatic nitrogens is 2. The number of rotatable bonds is 9. The van der Waals surface area contributed by atoms with Crippen molar-refractivity contribution in [2.75, 3.05) is 23.3 Å². The minimum Gasteiger partial charge on any atom is -0.372 e. The van der Waals surface area contributed by atoms with Gasteiger partial charge in [0.15, 0.2) is 0 Å². The SMILES string of the molecule is CCN(CC)c1ccc(NC(=O)CCCn2nc(-c3cccs3)ccc2=O)c(C)c1. The Hall–Kier alpha value is -2.93. The second-order valence-corrected chi connectivity index (χ2v) is 8.03. The topological polar surface area (TPSA) is 67.2 Å². The highest BCUT2D eigenvalue weighted by Crippen LogP contribution is 2.23. The number of anilines is 2. The Kier molecular flexibility index (Phi) is 7.41. The molecule has 0 aliphatic rings. The van der Waals surface area contributed by atoms with Crippen LogP contribution in [0.5, 0.6) is 0 Å². The van der Waals surface area contributed by atoms with Crippen LogP contribution in [-0.4, -0.2) is 28.8 Å². The summed E-state index contributed by atoms with van der Waals surface area (Å²) in [7, 11) is 0. The Morgan fingerprint density at radius 3 is 2.63 bits per heavy atom. The van der Waals surface area contributed by atoms with E-state index >= 15 is 0 Å². The first kappa shape index (κ1) is 21.8. The summed E-state index contributed by atoms with van der Waals surface area (Å²) in [6.45, 7) is 8.56. The maximum Gasteiger partial charge on any atom is 0.266 e. The van der Waals surface area contributed by atoms with Gasteiger partial charge in [0.2, 0.25) is 5.91 Å². The molecule has 0 radical (unpaired) electrons. The van der Waals surface area contributed by atoms with Crippen molar-refractivity contribution in [1.29, 1.82) is 0 Å². The predicted molar refractivity (Wildman–Crippen MR) is 124 cm³/mol. The van der Waals surface area contributed by atoms with Crippen molar-refractivity contribution in [3.05, 3.63) is 63.8 Å². The lowest BCUT2D eigenvalue weighted by atomic mass is 10.1. The van der Waals surface area contributed by atoms with E-state index in [0.717, 1.165) is 40.6 Å². The van der Waals surface area contributed by atoms with Crippen molar-refractivity contribution in [1.82, 2.24) is 9.78 Å². The van der Waals surface area contributed by atoms with Crippen LogP contribution in [0.15, 0.2) is 52.6 Å². The summed E-state index contributed by atoms with van der Waals surface area (Å²) in [4.78, 5) is 27.8. The first-order chi connectivity index (χ1) is 14.5. The van der Waals surface area contributed by atoms with Gasteiger partial charge in [-0.3, -0.25) is 9.59 Å². The normalized spacial score (nSPS) is 10.8. The molecule has 3 rings (SSSR count). The first-order valence-electron chi connectivity index (χ1n) is 10.3. The number of carbonyl (C=O) groups excluding carboxylic acids is 1. The predicted octanol–water partition coefficient (Wildman–Crippen LogP) is 4.55. The molecular weight excluding hydrogens is 396 g/mol. The van der Waals surface area contributed by atoms with Crippen LogP contribution < -0.4 is 15.8 Å². The lowest BCUT2D eigenvalue weighted by Gasteiger charge is -2.22. The lowest BCUT2D eigenvalue weighted by molar-refractivity contribution is -0.116. The highest BCUT2D eigenvalue weighted by molar-refractivity contribution is 7.13. The third-order valence-electron chi connectivity index (χ3n) is 5.03. The third-order valence-corrected chi connectivity index (χ3v) is 5.92. The molecule has 7 heteroatoms. The second-order valence-electron chi connectivity index (χ2n) is 7.08. The molecule has 2 aromatic heterocycles. The largest absolute Gasteiger partial charge is 0.372 e. The zero-order valence-electron chi connectivity index (χ0n) is 17.7. The highest BCUT2D eigenvalue weighted by Gasteiger charge is 2.09. The molecule has 0 unspecified atom stereocenters. The van der Waals surface area contributed by atoms with Crippen molar-refractivity contribution in [3.63, 3.8) is 0 Å². The summed E-state index contributed by atoms with van der Waals surface area (Å²) >= 11 is 1.58. The van der Waals surface area contributed by atoms with Gasteiger partial charge in [0, 0.05) is 43.5 Å². The average molecular weight is 425 g/mol. The Morgan fingerprint density at radius 2 is 1.97 bits per heavy atom. The molecule has 0 fully saturated rings. The number of thiophene rings is 1. The first-order valence-corrected chi connectivity index (χ1v) is 11.2. The highest BCUT2D eigenvalue weighted by atomic mass is 32.1. The van der Waals surface area contributed by atoms with Crippen molar-refractivity contribution >= 4 is 28.6 Å². The van der Waals surface area contributed by atoms with Crippen LogP contribution in [0.25, 0.3) is 10.6 Å². The molecule has 0 aliphatic heterocycles. The minimum atomic E-state index is -0.154. The lowest BCUT2D eigenvalue weighted by Crippen LogP contribution is -2.23. The van der Waals surface area contributed by atoms with Gasteiger partial charge in [0.1, 0.15) is 5.69 Å². The average Bonchev–Trinajstić information content (AvgIpc) is 3.27. The van der Waals surface area contributed by atoms with E-state index in [2.05, 4.69) is 35.2 Å². The number of hydrogen-bond acceptors (Lipinski definition) is 5. The number of nitrogens with zero attached hydrogens (tertiary/aromatic N) is 3. The van der Waals surface area contributed by atoms with Crippen molar-refractivity contribution in [2.45, 2.75) is 40.2 Å². The van der Waals surface area contributed by atoms with E-state index in [-0.39, 0.29) is 11.5 Å². The molecule has 30 heavy (non-hydrogen) atoms. The quantitative estimate of drug-likeness (QED) is 0.547. The molecule has 0 saturated carbocycles. The van der Waals surface area contributed by atoms with Crippen molar-refractivity contribution < 1.29 is 4.79 Å². The number of hydrogen-bond donors (Lipinski definition) is 1. The molecule has 0 atom stereocenters. The van der Waals surface area contributed by atoms with Crippen LogP contribution in [0, 0.1) is 6.92 Å². The van der Waals surface area contributed by atoms with E-state index in [1.54, 1.807) is 17.4 Å². The molecule has 0 aliphatic carbocycles. The molecule has 1 aromatic carbocycles. The molecule has 3 aromatic rings. The van der Waals surface area contributed by atoms with Crippen LogP contribution in [0.4, 0.5) is 11.4 Å². The number of nitrogens with one attached hydrogen (secondary N) is 1. The summed E-state index contributed by atoms with van der Waals surface area (Å²) < 4.78 is 1.44. The molecular formula is C23H28N4O2S. The van der Waals surface area contributed by atoms with Gasteiger partial charge in [0.25, 0.3) is 5.56 Å². The number of aryl methyl sites for hydroxylation is 2. The number of benzene rings is 1. The maximum absolute atomic E-state index is 12.4. The van der Waals surface area contributed by atoms with Crippen LogP contribution in [0.3, 0.4) is 0 Å². The molecule has 1 amide bonds. The summed E-state index contributed by atoms with van der Waals surface area (Å²) in [5.41, 5.74) is 3.64. The maximum atomic E-state index is 12.4. The fourth-order valence-corrected chi connectivity index (χ4v) is 4.03. The van der Waals surface area contributed by atoms with Gasteiger partial charge >= 0.3 is 0 Å². The smallest absolute Gasteiger partial charge is 0.266 e. The van der Waals surface area contributed by atoms with Crippen LogP contribution in [0.2, 0.25) is 0 Å². The summed E-state index contributed by atoms with van der Waals surface area (Å²) in [5, 5.41) is 9.39. The molecule has 6 nitrogen and oxygen atoms in total. The van der Waals surface area contributed by atoms with Crippen LogP contribution in [0.1, 0.15) is 32.3 Å². The molecule has 158 valence electrons. The Bertz CT molecular complexity index is 1040. The Balaban J connectivity index is 1.57.